The van der Waals surface area contributed by atoms with Crippen molar-refractivity contribution < 1.29 is 18.7 Å². The summed E-state index contributed by atoms with van der Waals surface area (Å²) in [6, 6.07) is 5.56. The van der Waals surface area contributed by atoms with E-state index >= 15 is 0 Å². The minimum Gasteiger partial charge on any atom is -0.484 e. The summed E-state index contributed by atoms with van der Waals surface area (Å²) in [5.41, 5.74) is 0.668. The predicted molar refractivity (Wildman–Crippen MR) is 88.7 cm³/mol. The van der Waals surface area contributed by atoms with Gasteiger partial charge in [-0.1, -0.05) is 0 Å². The van der Waals surface area contributed by atoms with Gasteiger partial charge in [0.05, 0.1) is 13.2 Å². The Kier molecular flexibility index (Phi) is 5.39. The van der Waals surface area contributed by atoms with Crippen LogP contribution >= 0.6 is 0 Å². The molecule has 1 amide bonds. The fourth-order valence-electron chi connectivity index (χ4n) is 2.59. The van der Waals surface area contributed by atoms with Gasteiger partial charge in [0.2, 0.25) is 0 Å². The molecule has 2 aromatic rings. The third kappa shape index (κ3) is 4.21. The van der Waals surface area contributed by atoms with Gasteiger partial charge in [-0.2, -0.15) is 0 Å². The molecule has 25 heavy (non-hydrogen) atoms. The van der Waals surface area contributed by atoms with Crippen LogP contribution in [0.15, 0.2) is 36.7 Å². The molecule has 1 aromatic carbocycles. The molecule has 0 radical (unpaired) electrons. The highest BCUT2D eigenvalue weighted by molar-refractivity contribution is 5.78. The molecule has 0 aliphatic carbocycles. The quantitative estimate of drug-likeness (QED) is 0.887. The van der Waals surface area contributed by atoms with Gasteiger partial charge in [-0.15, -0.1) is 0 Å². The van der Waals surface area contributed by atoms with E-state index < -0.39 is 0 Å². The van der Waals surface area contributed by atoms with Gasteiger partial charge in [0.1, 0.15) is 29.2 Å². The van der Waals surface area contributed by atoms with Crippen molar-refractivity contribution >= 4 is 11.7 Å². The van der Waals surface area contributed by atoms with E-state index in [1.807, 2.05) is 0 Å². The average molecular weight is 346 g/mol. The van der Waals surface area contributed by atoms with Gasteiger partial charge in [0.25, 0.3) is 5.91 Å². The fourth-order valence-corrected chi connectivity index (χ4v) is 2.59. The monoisotopic (exact) mass is 346 g/mol. The highest BCUT2D eigenvalue weighted by atomic mass is 19.1. The number of halogens is 1. The van der Waals surface area contributed by atoms with Crippen LogP contribution in [0.3, 0.4) is 0 Å². The Balaban J connectivity index is 1.60. The molecule has 0 bridgehead atoms. The van der Waals surface area contributed by atoms with E-state index in [1.165, 1.54) is 24.3 Å². The van der Waals surface area contributed by atoms with Crippen molar-refractivity contribution in [2.24, 2.45) is 0 Å². The van der Waals surface area contributed by atoms with Crippen LogP contribution in [0.25, 0.3) is 0 Å². The highest BCUT2D eigenvalue weighted by Crippen LogP contribution is 2.25. The smallest absolute Gasteiger partial charge is 0.260 e. The van der Waals surface area contributed by atoms with Crippen molar-refractivity contribution in [3.05, 3.63) is 48.2 Å². The van der Waals surface area contributed by atoms with E-state index in [-0.39, 0.29) is 24.4 Å². The Morgan fingerprint density at radius 3 is 2.88 bits per heavy atom. The molecule has 1 aliphatic rings. The summed E-state index contributed by atoms with van der Waals surface area (Å²) in [4.78, 5) is 22.6. The Morgan fingerprint density at radius 1 is 1.36 bits per heavy atom. The molecule has 1 aliphatic heterocycles. The molecule has 3 rings (SSSR count). The lowest BCUT2D eigenvalue weighted by Crippen LogP contribution is -2.44. The molecule has 7 nitrogen and oxygen atoms in total. The number of aromatic nitrogens is 2. The molecule has 1 saturated heterocycles. The lowest BCUT2D eigenvalue weighted by atomic mass is 10.2. The van der Waals surface area contributed by atoms with E-state index in [0.717, 1.165) is 0 Å². The molecule has 1 atom stereocenters. The van der Waals surface area contributed by atoms with Crippen LogP contribution < -0.4 is 10.1 Å². The number of carbonyl (C=O) groups is 1. The number of rotatable bonds is 5. The fraction of sp³-hybridized carbons (Fsp3) is 0.353. The van der Waals surface area contributed by atoms with Gasteiger partial charge in [0, 0.05) is 26.0 Å². The van der Waals surface area contributed by atoms with E-state index in [2.05, 4.69) is 15.3 Å². The number of nitrogens with one attached hydrogen (secondary N) is 1. The SMILES string of the molecule is CNc1nccnc1C1CN(C(=O)COc2ccc(F)cc2)CCO1. The van der Waals surface area contributed by atoms with Crippen LogP contribution in [0.2, 0.25) is 0 Å². The van der Waals surface area contributed by atoms with Crippen molar-refractivity contribution in [2.45, 2.75) is 6.10 Å². The number of carbonyl (C=O) groups excluding carboxylic acids is 1. The predicted octanol–water partition coefficient (Wildman–Crippen LogP) is 1.64. The molecule has 132 valence electrons. The first kappa shape index (κ1) is 17.1. The second-order valence-electron chi connectivity index (χ2n) is 5.48. The van der Waals surface area contributed by atoms with Gasteiger partial charge < -0.3 is 19.7 Å². The molecule has 8 heteroatoms. The van der Waals surface area contributed by atoms with Crippen molar-refractivity contribution in [3.63, 3.8) is 0 Å². The molecule has 0 spiro atoms. The molecule has 1 aromatic heterocycles. The Hall–Kier alpha value is -2.74. The number of morpholine rings is 1. The standard InChI is InChI=1S/C17H19FN4O3/c1-19-17-16(20-6-7-21-17)14-10-22(8-9-24-14)15(23)11-25-13-4-2-12(18)3-5-13/h2-7,14H,8-11H2,1H3,(H,19,21). The molecule has 1 unspecified atom stereocenters. The Morgan fingerprint density at radius 2 is 2.12 bits per heavy atom. The summed E-state index contributed by atoms with van der Waals surface area (Å²) in [7, 11) is 1.76. The van der Waals surface area contributed by atoms with E-state index in [9.17, 15) is 9.18 Å². The first-order valence-corrected chi connectivity index (χ1v) is 7.94. The number of hydrogen-bond donors (Lipinski definition) is 1. The van der Waals surface area contributed by atoms with Gasteiger partial charge in [0.15, 0.2) is 6.61 Å². The third-order valence-corrected chi connectivity index (χ3v) is 3.86. The van der Waals surface area contributed by atoms with Crippen LogP contribution in [0.5, 0.6) is 5.75 Å². The number of hydrogen-bond acceptors (Lipinski definition) is 6. The van der Waals surface area contributed by atoms with Gasteiger partial charge in [-0.3, -0.25) is 9.78 Å². The lowest BCUT2D eigenvalue weighted by Gasteiger charge is -2.33. The molecule has 0 saturated carbocycles. The van der Waals surface area contributed by atoms with E-state index in [4.69, 9.17) is 9.47 Å². The summed E-state index contributed by atoms with van der Waals surface area (Å²) >= 11 is 0. The zero-order chi connectivity index (χ0) is 17.6. The molecule has 1 fully saturated rings. The normalized spacial score (nSPS) is 17.2. The van der Waals surface area contributed by atoms with E-state index in [0.29, 0.717) is 37.0 Å². The van der Waals surface area contributed by atoms with Gasteiger partial charge in [-0.25, -0.2) is 9.37 Å². The second kappa shape index (κ2) is 7.89. The van der Waals surface area contributed by atoms with Crippen LogP contribution in [0, 0.1) is 5.82 Å². The Bertz CT molecular complexity index is 726. The maximum absolute atomic E-state index is 12.9. The summed E-state index contributed by atoms with van der Waals surface area (Å²) in [6.07, 6.45) is 2.84. The Labute approximate surface area is 144 Å². The average Bonchev–Trinajstić information content (AvgIpc) is 2.67. The molecular weight excluding hydrogens is 327 g/mol. The number of amides is 1. The summed E-state index contributed by atoms with van der Waals surface area (Å²) in [5.74, 6) is 0.571. The van der Waals surface area contributed by atoms with Crippen molar-refractivity contribution in [3.8, 4) is 5.75 Å². The summed E-state index contributed by atoms with van der Waals surface area (Å²) < 4.78 is 24.0. The number of benzene rings is 1. The van der Waals surface area contributed by atoms with E-state index in [1.54, 1.807) is 24.3 Å². The van der Waals surface area contributed by atoms with Crippen molar-refractivity contribution in [1.82, 2.24) is 14.9 Å². The van der Waals surface area contributed by atoms with Crippen LogP contribution in [0.4, 0.5) is 10.2 Å². The van der Waals surface area contributed by atoms with Crippen molar-refractivity contribution in [1.29, 1.82) is 0 Å². The first-order chi connectivity index (χ1) is 12.2. The highest BCUT2D eigenvalue weighted by Gasteiger charge is 2.28. The summed E-state index contributed by atoms with van der Waals surface area (Å²) in [5, 5.41) is 2.98. The first-order valence-electron chi connectivity index (χ1n) is 7.94. The van der Waals surface area contributed by atoms with Crippen molar-refractivity contribution in [2.75, 3.05) is 38.7 Å². The molecule has 1 N–H and O–H groups in total. The van der Waals surface area contributed by atoms with Gasteiger partial charge in [-0.05, 0) is 24.3 Å². The topological polar surface area (TPSA) is 76.6 Å². The molecule has 2 heterocycles. The number of nitrogens with zero attached hydrogens (tertiary/aromatic N) is 3. The van der Waals surface area contributed by atoms with Crippen LogP contribution in [0.1, 0.15) is 11.8 Å². The maximum Gasteiger partial charge on any atom is 0.260 e. The zero-order valence-electron chi connectivity index (χ0n) is 13.8. The molecular formula is C17H19FN4O3. The maximum atomic E-state index is 12.9. The van der Waals surface area contributed by atoms with Gasteiger partial charge >= 0.3 is 0 Å². The van der Waals surface area contributed by atoms with Crippen LogP contribution in [-0.2, 0) is 9.53 Å². The largest absolute Gasteiger partial charge is 0.484 e. The number of anilines is 1. The lowest BCUT2D eigenvalue weighted by molar-refractivity contribution is -0.141. The summed E-state index contributed by atoms with van der Waals surface area (Å²) in [6.45, 7) is 1.15. The van der Waals surface area contributed by atoms with Crippen LogP contribution in [-0.4, -0.2) is 54.1 Å². The zero-order valence-corrected chi connectivity index (χ0v) is 13.8. The third-order valence-electron chi connectivity index (χ3n) is 3.86. The minimum atomic E-state index is -0.348. The minimum absolute atomic E-state index is 0.113. The second-order valence-corrected chi connectivity index (χ2v) is 5.48. The number of ether oxygens (including phenoxy) is 2.